The van der Waals surface area contributed by atoms with Gasteiger partial charge >= 0.3 is 112 Å². The van der Waals surface area contributed by atoms with Crippen molar-refractivity contribution in [3.63, 3.8) is 0 Å². The SMILES string of the molecule is CC(=O)OC(C)CCCCCCC[CH2][Na]. The maximum atomic E-state index is 10.6. The fourth-order valence-electron chi connectivity index (χ4n) is 1.73. The fraction of sp³-hybridized carbons (Fsp3) is 0.917. The zero-order valence-corrected chi connectivity index (χ0v) is 12.6. The van der Waals surface area contributed by atoms with Crippen LogP contribution in [0.15, 0.2) is 0 Å². The third-order valence-corrected chi connectivity index (χ3v) is 3.29. The van der Waals surface area contributed by atoms with Gasteiger partial charge in [-0.2, -0.15) is 0 Å². The summed E-state index contributed by atoms with van der Waals surface area (Å²) in [4.78, 5) is 10.6. The molecule has 2 nitrogen and oxygen atoms in total. The van der Waals surface area contributed by atoms with Gasteiger partial charge in [0.2, 0.25) is 0 Å². The third kappa shape index (κ3) is 12.4. The summed E-state index contributed by atoms with van der Waals surface area (Å²) >= 11 is 1.36. The summed E-state index contributed by atoms with van der Waals surface area (Å²) in [5.74, 6) is -0.158. The Morgan fingerprint density at radius 2 is 1.67 bits per heavy atom. The molecule has 0 aliphatic heterocycles. The van der Waals surface area contributed by atoms with Gasteiger partial charge in [-0.1, -0.05) is 0 Å². The van der Waals surface area contributed by atoms with Gasteiger partial charge in [0.05, 0.1) is 0 Å². The van der Waals surface area contributed by atoms with Gasteiger partial charge in [-0.15, -0.1) is 0 Å². The minimum absolute atomic E-state index is 0.101. The first-order valence-corrected chi connectivity index (χ1v) is 7.75. The first-order chi connectivity index (χ1) is 7.16. The van der Waals surface area contributed by atoms with Crippen molar-refractivity contribution in [1.82, 2.24) is 0 Å². The molecule has 1 unspecified atom stereocenters. The summed E-state index contributed by atoms with van der Waals surface area (Å²) in [6, 6.07) is 0. The van der Waals surface area contributed by atoms with Crippen molar-refractivity contribution in [2.24, 2.45) is 0 Å². The molecule has 0 amide bonds. The van der Waals surface area contributed by atoms with Crippen LogP contribution in [0.2, 0.25) is 3.67 Å². The van der Waals surface area contributed by atoms with Crippen molar-refractivity contribution in [1.29, 1.82) is 0 Å². The molecule has 0 aromatic carbocycles. The first-order valence-electron chi connectivity index (χ1n) is 6.34. The zero-order chi connectivity index (χ0) is 11.5. The molecule has 15 heavy (non-hydrogen) atoms. The average Bonchev–Trinajstić information content (AvgIpc) is 2.15. The van der Waals surface area contributed by atoms with Crippen LogP contribution in [0.3, 0.4) is 0 Å². The standard InChI is InChI=1S/C12H23O2.Na/c1-4-5-6-7-8-9-10-11(2)14-12(3)13;/h11H,1,4-10H2,2-3H3;. The molecule has 0 saturated carbocycles. The first kappa shape index (κ1) is 15.5. The Balaban J connectivity index is 3.13. The molecule has 0 rings (SSSR count). The molecule has 0 aliphatic carbocycles. The van der Waals surface area contributed by atoms with Gasteiger partial charge in [-0.3, -0.25) is 0 Å². The van der Waals surface area contributed by atoms with Crippen LogP contribution >= 0.6 is 0 Å². The number of carbonyl (C=O) groups is 1. The molecule has 0 radical (unpaired) electrons. The molecule has 0 saturated heterocycles. The van der Waals surface area contributed by atoms with Crippen molar-refractivity contribution in [3.8, 4) is 0 Å². The van der Waals surface area contributed by atoms with E-state index in [1.807, 2.05) is 6.92 Å². The minimum atomic E-state index is -0.158. The second-order valence-electron chi connectivity index (χ2n) is 4.33. The summed E-state index contributed by atoms with van der Waals surface area (Å²) in [6.07, 6.45) is 9.14. The maximum absolute atomic E-state index is 10.6. The number of esters is 1. The van der Waals surface area contributed by atoms with Crippen LogP contribution in [0, 0.1) is 0 Å². The molecule has 0 fully saturated rings. The van der Waals surface area contributed by atoms with E-state index >= 15 is 0 Å². The predicted octanol–water partition coefficient (Wildman–Crippen LogP) is 3.26. The van der Waals surface area contributed by atoms with E-state index in [9.17, 15) is 4.79 Å². The molecule has 84 valence electrons. The van der Waals surface area contributed by atoms with Gasteiger partial charge in [0, 0.05) is 0 Å². The Morgan fingerprint density at radius 3 is 2.20 bits per heavy atom. The van der Waals surface area contributed by atoms with Gasteiger partial charge < -0.3 is 0 Å². The number of rotatable bonds is 9. The molecular weight excluding hydrogens is 199 g/mol. The van der Waals surface area contributed by atoms with Crippen LogP contribution < -0.4 is 0 Å². The van der Waals surface area contributed by atoms with Gasteiger partial charge in [0.25, 0.3) is 0 Å². The summed E-state index contributed by atoms with van der Waals surface area (Å²) < 4.78 is 6.51. The summed E-state index contributed by atoms with van der Waals surface area (Å²) in [7, 11) is 0. The Kier molecular flexibility index (Phi) is 11.3. The molecule has 3 heteroatoms. The molecule has 0 bridgehead atoms. The van der Waals surface area contributed by atoms with Crippen LogP contribution in [0.1, 0.15) is 58.8 Å². The van der Waals surface area contributed by atoms with Gasteiger partial charge in [0.15, 0.2) is 0 Å². The van der Waals surface area contributed by atoms with Crippen LogP contribution in [0.4, 0.5) is 0 Å². The third-order valence-electron chi connectivity index (χ3n) is 2.58. The Bertz CT molecular complexity index is 160. The van der Waals surface area contributed by atoms with Crippen LogP contribution in [-0.4, -0.2) is 40.0 Å². The quantitative estimate of drug-likeness (QED) is 0.340. The second-order valence-corrected chi connectivity index (χ2v) is 5.33. The number of hydrogen-bond donors (Lipinski definition) is 0. The molecule has 0 aromatic rings. The van der Waals surface area contributed by atoms with Gasteiger partial charge in [-0.25, -0.2) is 0 Å². The second kappa shape index (κ2) is 11.0. The molecule has 0 aromatic heterocycles. The van der Waals surface area contributed by atoms with Crippen LogP contribution in [0.25, 0.3) is 0 Å². The summed E-state index contributed by atoms with van der Waals surface area (Å²) in [5, 5.41) is 0. The van der Waals surface area contributed by atoms with Crippen LogP contribution in [0.5, 0.6) is 0 Å². The molecule has 0 N–H and O–H groups in total. The molecule has 1 atom stereocenters. The Labute approximate surface area is 112 Å². The molecule has 0 aliphatic rings. The number of hydrogen-bond acceptors (Lipinski definition) is 2. The van der Waals surface area contributed by atoms with E-state index in [4.69, 9.17) is 4.74 Å². The topological polar surface area (TPSA) is 26.3 Å². The number of unbranched alkanes of at least 4 members (excludes halogenated alkanes) is 5. The molecule has 0 spiro atoms. The zero-order valence-electron chi connectivity index (χ0n) is 10.6. The predicted molar refractivity (Wildman–Crippen MR) is 64.1 cm³/mol. The van der Waals surface area contributed by atoms with Gasteiger partial charge in [-0.05, 0) is 0 Å². The molecule has 0 heterocycles. The van der Waals surface area contributed by atoms with E-state index in [-0.39, 0.29) is 12.1 Å². The fourth-order valence-corrected chi connectivity index (χ4v) is 2.23. The monoisotopic (exact) mass is 222 g/mol. The summed E-state index contributed by atoms with van der Waals surface area (Å²) in [6.45, 7) is 3.45. The Hall–Kier alpha value is 0.470. The van der Waals surface area contributed by atoms with Crippen molar-refractivity contribution < 1.29 is 9.53 Å². The van der Waals surface area contributed by atoms with Crippen molar-refractivity contribution in [2.75, 3.05) is 0 Å². The Morgan fingerprint density at radius 1 is 1.13 bits per heavy atom. The van der Waals surface area contributed by atoms with E-state index in [0.717, 1.165) is 6.42 Å². The van der Waals surface area contributed by atoms with E-state index in [0.29, 0.717) is 0 Å². The van der Waals surface area contributed by atoms with Crippen LogP contribution in [-0.2, 0) is 9.53 Å². The summed E-state index contributed by atoms with van der Waals surface area (Å²) in [5.41, 5.74) is 0. The van der Waals surface area contributed by atoms with E-state index in [1.165, 1.54) is 77.0 Å². The van der Waals surface area contributed by atoms with Gasteiger partial charge in [0.1, 0.15) is 0 Å². The normalized spacial score (nSPS) is 12.5. The molecular formula is C12H23NaO2. The van der Waals surface area contributed by atoms with Crippen molar-refractivity contribution in [2.45, 2.75) is 68.6 Å². The van der Waals surface area contributed by atoms with E-state index < -0.39 is 0 Å². The van der Waals surface area contributed by atoms with E-state index in [2.05, 4.69) is 0 Å². The van der Waals surface area contributed by atoms with Crippen molar-refractivity contribution >= 4 is 33.9 Å². The number of carbonyl (C=O) groups excluding carboxylic acids is 1. The van der Waals surface area contributed by atoms with Crippen molar-refractivity contribution in [3.05, 3.63) is 0 Å². The van der Waals surface area contributed by atoms with E-state index in [1.54, 1.807) is 0 Å². The number of ether oxygens (including phenoxy) is 1. The average molecular weight is 222 g/mol.